The molecule has 0 aliphatic heterocycles. The van der Waals surface area contributed by atoms with Gasteiger partial charge < -0.3 is 14.8 Å². The van der Waals surface area contributed by atoms with Gasteiger partial charge in [-0.3, -0.25) is 9.59 Å². The topological polar surface area (TPSA) is 79.5 Å². The molecule has 0 saturated carbocycles. The number of amides is 1. The number of carboxylic acid groups (broad SMARTS) is 1. The third-order valence-electron chi connectivity index (χ3n) is 2.97. The second-order valence-electron chi connectivity index (χ2n) is 4.50. The molecule has 0 fully saturated rings. The number of furan rings is 1. The van der Waals surface area contributed by atoms with Gasteiger partial charge >= 0.3 is 5.97 Å². The first-order valence-electron chi connectivity index (χ1n) is 6.09. The van der Waals surface area contributed by atoms with Gasteiger partial charge in [0, 0.05) is 10.4 Å². The van der Waals surface area contributed by atoms with Crippen LogP contribution < -0.4 is 5.32 Å². The van der Waals surface area contributed by atoms with Gasteiger partial charge in [0.1, 0.15) is 12.2 Å². The molecule has 6 heteroatoms. The Labute approximate surface area is 120 Å². The van der Waals surface area contributed by atoms with Crippen LogP contribution in [0.1, 0.15) is 32.1 Å². The molecule has 0 aliphatic carbocycles. The van der Waals surface area contributed by atoms with E-state index in [-0.39, 0.29) is 18.1 Å². The third-order valence-corrected chi connectivity index (χ3v) is 3.99. The van der Waals surface area contributed by atoms with Crippen molar-refractivity contribution in [3.05, 3.63) is 45.0 Å². The Kier molecular flexibility index (Phi) is 4.24. The monoisotopic (exact) mass is 293 g/mol. The average Bonchev–Trinajstić information content (AvgIpc) is 2.93. The number of carbonyl (C=O) groups excluding carboxylic acids is 1. The predicted octanol–water partition coefficient (Wildman–Crippen LogP) is 2.52. The van der Waals surface area contributed by atoms with Crippen molar-refractivity contribution in [1.29, 1.82) is 0 Å². The van der Waals surface area contributed by atoms with Crippen LogP contribution in [0.15, 0.2) is 22.1 Å². The fraction of sp³-hybridized carbons (Fsp3) is 0.286. The van der Waals surface area contributed by atoms with Gasteiger partial charge in [0.25, 0.3) is 5.91 Å². The Balaban J connectivity index is 2.11. The second kappa shape index (κ2) is 5.92. The van der Waals surface area contributed by atoms with Crippen LogP contribution in [-0.2, 0) is 17.8 Å². The number of hydrogen-bond donors (Lipinski definition) is 2. The van der Waals surface area contributed by atoms with Gasteiger partial charge in [-0.15, -0.1) is 11.3 Å². The zero-order valence-corrected chi connectivity index (χ0v) is 12.0. The van der Waals surface area contributed by atoms with Crippen molar-refractivity contribution in [3.63, 3.8) is 0 Å². The normalized spacial score (nSPS) is 10.5. The number of hydrogen-bond acceptors (Lipinski definition) is 4. The molecule has 0 bridgehead atoms. The SMILES string of the molecule is Cc1ccsc1CNC(=O)c1c(C)coc1CC(=O)O. The van der Waals surface area contributed by atoms with Crippen molar-refractivity contribution in [2.24, 2.45) is 0 Å². The van der Waals surface area contributed by atoms with E-state index < -0.39 is 5.97 Å². The van der Waals surface area contributed by atoms with Crippen LogP contribution in [-0.4, -0.2) is 17.0 Å². The minimum Gasteiger partial charge on any atom is -0.481 e. The number of thiophene rings is 1. The third kappa shape index (κ3) is 3.08. The van der Waals surface area contributed by atoms with Crippen molar-refractivity contribution >= 4 is 23.2 Å². The molecule has 5 nitrogen and oxygen atoms in total. The highest BCUT2D eigenvalue weighted by atomic mass is 32.1. The van der Waals surface area contributed by atoms with Crippen LogP contribution in [0.3, 0.4) is 0 Å². The first-order chi connectivity index (χ1) is 9.49. The quantitative estimate of drug-likeness (QED) is 0.887. The molecule has 2 rings (SSSR count). The molecule has 0 aliphatic rings. The minimum absolute atomic E-state index is 0.190. The zero-order chi connectivity index (χ0) is 14.7. The number of aliphatic carboxylic acids is 1. The molecule has 0 unspecified atom stereocenters. The fourth-order valence-corrected chi connectivity index (χ4v) is 2.75. The van der Waals surface area contributed by atoms with Crippen molar-refractivity contribution in [3.8, 4) is 0 Å². The van der Waals surface area contributed by atoms with E-state index in [4.69, 9.17) is 9.52 Å². The lowest BCUT2D eigenvalue weighted by molar-refractivity contribution is -0.136. The Morgan fingerprint density at radius 2 is 2.10 bits per heavy atom. The maximum atomic E-state index is 12.2. The molecule has 106 valence electrons. The Morgan fingerprint density at radius 1 is 1.35 bits per heavy atom. The van der Waals surface area contributed by atoms with Gasteiger partial charge in [0.15, 0.2) is 0 Å². The zero-order valence-electron chi connectivity index (χ0n) is 11.2. The maximum absolute atomic E-state index is 12.2. The highest BCUT2D eigenvalue weighted by Crippen LogP contribution is 2.19. The summed E-state index contributed by atoms with van der Waals surface area (Å²) in [5, 5.41) is 13.6. The second-order valence-corrected chi connectivity index (χ2v) is 5.50. The fourth-order valence-electron chi connectivity index (χ4n) is 1.90. The van der Waals surface area contributed by atoms with E-state index in [9.17, 15) is 9.59 Å². The van der Waals surface area contributed by atoms with Crippen LogP contribution in [0.25, 0.3) is 0 Å². The van der Waals surface area contributed by atoms with Crippen molar-refractivity contribution in [1.82, 2.24) is 5.32 Å². The molecular formula is C14H15NO4S. The molecule has 0 saturated heterocycles. The van der Waals surface area contributed by atoms with E-state index in [0.29, 0.717) is 17.7 Å². The lowest BCUT2D eigenvalue weighted by Gasteiger charge is -2.05. The van der Waals surface area contributed by atoms with E-state index in [0.717, 1.165) is 10.4 Å². The molecule has 2 aromatic rings. The average molecular weight is 293 g/mol. The van der Waals surface area contributed by atoms with Gasteiger partial charge in [-0.25, -0.2) is 0 Å². The van der Waals surface area contributed by atoms with Crippen molar-refractivity contribution in [2.75, 3.05) is 0 Å². The summed E-state index contributed by atoms with van der Waals surface area (Å²) in [4.78, 5) is 24.0. The van der Waals surface area contributed by atoms with Crippen LogP contribution in [0, 0.1) is 13.8 Å². The Morgan fingerprint density at radius 3 is 2.70 bits per heavy atom. The van der Waals surface area contributed by atoms with Gasteiger partial charge in [-0.2, -0.15) is 0 Å². The van der Waals surface area contributed by atoms with E-state index in [1.165, 1.54) is 6.26 Å². The number of rotatable bonds is 5. The maximum Gasteiger partial charge on any atom is 0.311 e. The molecular weight excluding hydrogens is 278 g/mol. The van der Waals surface area contributed by atoms with Crippen molar-refractivity contribution < 1.29 is 19.1 Å². The van der Waals surface area contributed by atoms with Crippen LogP contribution in [0.2, 0.25) is 0 Å². The molecule has 2 heterocycles. The smallest absolute Gasteiger partial charge is 0.311 e. The highest BCUT2D eigenvalue weighted by molar-refractivity contribution is 7.10. The lowest BCUT2D eigenvalue weighted by atomic mass is 10.1. The summed E-state index contributed by atoms with van der Waals surface area (Å²) in [7, 11) is 0. The largest absolute Gasteiger partial charge is 0.481 e. The Hall–Kier alpha value is -2.08. The molecule has 0 aromatic carbocycles. The highest BCUT2D eigenvalue weighted by Gasteiger charge is 2.20. The summed E-state index contributed by atoms with van der Waals surface area (Å²) in [6.07, 6.45) is 1.11. The van der Waals surface area contributed by atoms with Gasteiger partial charge in [0.2, 0.25) is 0 Å². The summed E-state index contributed by atoms with van der Waals surface area (Å²) in [6, 6.07) is 1.99. The van der Waals surface area contributed by atoms with Crippen LogP contribution in [0.4, 0.5) is 0 Å². The van der Waals surface area contributed by atoms with E-state index >= 15 is 0 Å². The molecule has 20 heavy (non-hydrogen) atoms. The molecule has 2 aromatic heterocycles. The number of aryl methyl sites for hydroxylation is 2. The van der Waals surface area contributed by atoms with E-state index in [1.807, 2.05) is 18.4 Å². The van der Waals surface area contributed by atoms with Crippen LogP contribution >= 0.6 is 11.3 Å². The van der Waals surface area contributed by atoms with Gasteiger partial charge in [-0.1, -0.05) is 0 Å². The summed E-state index contributed by atoms with van der Waals surface area (Å²) in [5.41, 5.74) is 2.09. The molecule has 2 N–H and O–H groups in total. The number of nitrogens with one attached hydrogen (secondary N) is 1. The summed E-state index contributed by atoms with van der Waals surface area (Å²) < 4.78 is 5.15. The summed E-state index contributed by atoms with van der Waals surface area (Å²) >= 11 is 1.58. The molecule has 0 atom stereocenters. The minimum atomic E-state index is -1.03. The summed E-state index contributed by atoms with van der Waals surface area (Å²) in [5.74, 6) is -1.14. The first-order valence-corrected chi connectivity index (χ1v) is 6.97. The molecule has 0 spiro atoms. The first kappa shape index (κ1) is 14.3. The van der Waals surface area contributed by atoms with Gasteiger partial charge in [0.05, 0.1) is 18.4 Å². The number of carbonyl (C=O) groups is 2. The molecule has 0 radical (unpaired) electrons. The standard InChI is InChI=1S/C14H15NO4S/c1-8-3-4-20-11(8)6-15-14(18)13-9(2)7-19-10(13)5-12(16)17/h3-4,7H,5-6H2,1-2H3,(H,15,18)(H,16,17). The lowest BCUT2D eigenvalue weighted by Crippen LogP contribution is -2.24. The number of carboxylic acids is 1. The van der Waals surface area contributed by atoms with E-state index in [1.54, 1.807) is 18.3 Å². The van der Waals surface area contributed by atoms with Crippen LogP contribution in [0.5, 0.6) is 0 Å². The summed E-state index contributed by atoms with van der Waals surface area (Å²) in [6.45, 7) is 4.14. The van der Waals surface area contributed by atoms with Crippen molar-refractivity contribution in [2.45, 2.75) is 26.8 Å². The van der Waals surface area contributed by atoms with Gasteiger partial charge in [-0.05, 0) is 30.9 Å². The predicted molar refractivity (Wildman–Crippen MR) is 75.0 cm³/mol. The van der Waals surface area contributed by atoms with E-state index in [2.05, 4.69) is 5.32 Å². The molecule has 1 amide bonds. The Bertz CT molecular complexity index is 641.